The molecule has 90 valence electrons. The second-order valence-electron chi connectivity index (χ2n) is 4.06. The van der Waals surface area contributed by atoms with E-state index in [0.29, 0.717) is 6.54 Å². The summed E-state index contributed by atoms with van der Waals surface area (Å²) in [4.78, 5) is 7.73. The average molecular weight is 231 g/mol. The van der Waals surface area contributed by atoms with Gasteiger partial charge < -0.3 is 15.5 Å². The number of ether oxygens (including phenoxy) is 1. The van der Waals surface area contributed by atoms with Crippen molar-refractivity contribution in [3.05, 3.63) is 35.2 Å². The molecule has 0 radical (unpaired) electrons. The van der Waals surface area contributed by atoms with E-state index < -0.39 is 0 Å². The van der Waals surface area contributed by atoms with Crippen LogP contribution in [-0.4, -0.2) is 17.1 Å². The number of aromatic nitrogens is 2. The van der Waals surface area contributed by atoms with Crippen LogP contribution in [0.2, 0.25) is 0 Å². The van der Waals surface area contributed by atoms with E-state index in [9.17, 15) is 0 Å². The first kappa shape index (κ1) is 11.7. The largest absolute Gasteiger partial charge is 0.496 e. The monoisotopic (exact) mass is 231 g/mol. The predicted molar refractivity (Wildman–Crippen MR) is 67.9 cm³/mol. The number of nitrogens with two attached hydrogens (primary N) is 1. The molecule has 2 rings (SSSR count). The number of methoxy groups -OCH3 is 1. The molecule has 0 bridgehead atoms. The van der Waals surface area contributed by atoms with E-state index in [1.165, 1.54) is 5.56 Å². The summed E-state index contributed by atoms with van der Waals surface area (Å²) >= 11 is 0. The number of imidazole rings is 1. The fraction of sp³-hybridized carbons (Fsp3) is 0.308. The highest BCUT2D eigenvalue weighted by Crippen LogP contribution is 2.29. The van der Waals surface area contributed by atoms with Gasteiger partial charge in [-0.1, -0.05) is 11.6 Å². The van der Waals surface area contributed by atoms with Crippen LogP contribution in [0.1, 0.15) is 17.0 Å². The molecule has 0 spiro atoms. The van der Waals surface area contributed by atoms with Gasteiger partial charge in [0, 0.05) is 12.2 Å². The molecule has 0 fully saturated rings. The first-order valence-corrected chi connectivity index (χ1v) is 5.56. The molecule has 0 amide bonds. The Hall–Kier alpha value is -1.81. The molecule has 4 heteroatoms. The van der Waals surface area contributed by atoms with Gasteiger partial charge in [-0.3, -0.25) is 0 Å². The molecular weight excluding hydrogens is 214 g/mol. The maximum Gasteiger partial charge on any atom is 0.141 e. The van der Waals surface area contributed by atoms with Crippen molar-refractivity contribution in [2.45, 2.75) is 20.4 Å². The lowest BCUT2D eigenvalue weighted by Gasteiger charge is -2.06. The maximum atomic E-state index is 5.63. The van der Waals surface area contributed by atoms with Crippen molar-refractivity contribution in [1.29, 1.82) is 0 Å². The van der Waals surface area contributed by atoms with Gasteiger partial charge in [-0.05, 0) is 26.0 Å². The van der Waals surface area contributed by atoms with Gasteiger partial charge in [-0.15, -0.1) is 0 Å². The molecule has 0 saturated carbocycles. The molecule has 0 unspecified atom stereocenters. The second-order valence-corrected chi connectivity index (χ2v) is 4.06. The number of H-pyrrole nitrogens is 1. The lowest BCUT2D eigenvalue weighted by atomic mass is 10.1. The Morgan fingerprint density at radius 3 is 2.71 bits per heavy atom. The minimum Gasteiger partial charge on any atom is -0.496 e. The summed E-state index contributed by atoms with van der Waals surface area (Å²) in [7, 11) is 1.66. The van der Waals surface area contributed by atoms with Crippen LogP contribution >= 0.6 is 0 Å². The third kappa shape index (κ3) is 2.17. The van der Waals surface area contributed by atoms with Crippen molar-refractivity contribution in [2.24, 2.45) is 5.73 Å². The van der Waals surface area contributed by atoms with Crippen LogP contribution in [0.15, 0.2) is 18.2 Å². The molecule has 0 atom stereocenters. The molecule has 0 aliphatic heterocycles. The number of nitrogens with one attached hydrogen (secondary N) is 1. The van der Waals surface area contributed by atoms with Crippen molar-refractivity contribution >= 4 is 0 Å². The smallest absolute Gasteiger partial charge is 0.141 e. The van der Waals surface area contributed by atoms with Crippen LogP contribution in [0.4, 0.5) is 0 Å². The highest BCUT2D eigenvalue weighted by atomic mass is 16.5. The van der Waals surface area contributed by atoms with Crippen LogP contribution in [0.3, 0.4) is 0 Å². The fourth-order valence-electron chi connectivity index (χ4n) is 1.83. The van der Waals surface area contributed by atoms with E-state index in [2.05, 4.69) is 16.0 Å². The Morgan fingerprint density at radius 2 is 2.12 bits per heavy atom. The van der Waals surface area contributed by atoms with Gasteiger partial charge in [0.05, 0.1) is 18.4 Å². The van der Waals surface area contributed by atoms with Crippen molar-refractivity contribution in [3.8, 4) is 17.1 Å². The van der Waals surface area contributed by atoms with Crippen LogP contribution in [0.25, 0.3) is 11.4 Å². The third-order valence-corrected chi connectivity index (χ3v) is 2.79. The topological polar surface area (TPSA) is 63.9 Å². The third-order valence-electron chi connectivity index (χ3n) is 2.79. The van der Waals surface area contributed by atoms with E-state index in [1.54, 1.807) is 7.11 Å². The summed E-state index contributed by atoms with van der Waals surface area (Å²) in [6, 6.07) is 6.02. The Balaban J connectivity index is 2.54. The maximum absolute atomic E-state index is 5.63. The molecule has 0 saturated heterocycles. The van der Waals surface area contributed by atoms with Gasteiger partial charge >= 0.3 is 0 Å². The van der Waals surface area contributed by atoms with E-state index in [-0.39, 0.29) is 0 Å². The first-order valence-electron chi connectivity index (χ1n) is 5.56. The Bertz CT molecular complexity index is 531. The Kier molecular flexibility index (Phi) is 3.15. The minimum absolute atomic E-state index is 0.441. The lowest BCUT2D eigenvalue weighted by Crippen LogP contribution is -1.98. The normalized spacial score (nSPS) is 10.6. The zero-order valence-electron chi connectivity index (χ0n) is 10.4. The molecule has 3 N–H and O–H groups in total. The van der Waals surface area contributed by atoms with Gasteiger partial charge in [0.2, 0.25) is 0 Å². The standard InChI is InChI=1S/C13H17N3O/c1-8-4-5-12(17-3)10(6-8)13-15-9(2)11(7-14)16-13/h4-6H,7,14H2,1-3H3,(H,15,16). The Morgan fingerprint density at radius 1 is 1.35 bits per heavy atom. The summed E-state index contributed by atoms with van der Waals surface area (Å²) in [6.07, 6.45) is 0. The zero-order chi connectivity index (χ0) is 12.4. The molecule has 1 aromatic heterocycles. The minimum atomic E-state index is 0.441. The summed E-state index contributed by atoms with van der Waals surface area (Å²) in [5.74, 6) is 1.62. The quantitative estimate of drug-likeness (QED) is 0.850. The zero-order valence-corrected chi connectivity index (χ0v) is 10.4. The summed E-state index contributed by atoms with van der Waals surface area (Å²) < 4.78 is 5.35. The van der Waals surface area contributed by atoms with Crippen molar-refractivity contribution in [3.63, 3.8) is 0 Å². The number of rotatable bonds is 3. The van der Waals surface area contributed by atoms with Crippen LogP contribution in [-0.2, 0) is 6.54 Å². The van der Waals surface area contributed by atoms with Gasteiger partial charge in [0.15, 0.2) is 0 Å². The van der Waals surface area contributed by atoms with Crippen LogP contribution in [0.5, 0.6) is 5.75 Å². The summed E-state index contributed by atoms with van der Waals surface area (Å²) in [5.41, 5.74) is 9.66. The molecule has 1 heterocycles. The summed E-state index contributed by atoms with van der Waals surface area (Å²) in [6.45, 7) is 4.46. The molecule has 2 aromatic rings. The van der Waals surface area contributed by atoms with Crippen molar-refractivity contribution in [1.82, 2.24) is 9.97 Å². The molecule has 0 aliphatic carbocycles. The predicted octanol–water partition coefficient (Wildman–Crippen LogP) is 2.16. The highest BCUT2D eigenvalue weighted by molar-refractivity contribution is 5.65. The van der Waals surface area contributed by atoms with Crippen molar-refractivity contribution < 1.29 is 4.74 Å². The van der Waals surface area contributed by atoms with Gasteiger partial charge in [0.1, 0.15) is 11.6 Å². The average Bonchev–Trinajstić information content (AvgIpc) is 2.70. The van der Waals surface area contributed by atoms with E-state index in [4.69, 9.17) is 10.5 Å². The molecule has 1 aromatic carbocycles. The number of aromatic amines is 1. The molecule has 0 aliphatic rings. The van der Waals surface area contributed by atoms with Crippen LogP contribution in [0, 0.1) is 13.8 Å². The van der Waals surface area contributed by atoms with Crippen LogP contribution < -0.4 is 10.5 Å². The van der Waals surface area contributed by atoms with E-state index in [0.717, 1.165) is 28.5 Å². The number of hydrogen-bond acceptors (Lipinski definition) is 3. The van der Waals surface area contributed by atoms with E-state index >= 15 is 0 Å². The lowest BCUT2D eigenvalue weighted by molar-refractivity contribution is 0.416. The second kappa shape index (κ2) is 4.59. The number of benzene rings is 1. The summed E-state index contributed by atoms with van der Waals surface area (Å²) in [5, 5.41) is 0. The number of hydrogen-bond donors (Lipinski definition) is 2. The number of nitrogens with zero attached hydrogens (tertiary/aromatic N) is 1. The van der Waals surface area contributed by atoms with E-state index in [1.807, 2.05) is 26.0 Å². The van der Waals surface area contributed by atoms with Crippen molar-refractivity contribution in [2.75, 3.05) is 7.11 Å². The van der Waals surface area contributed by atoms with Gasteiger partial charge in [-0.2, -0.15) is 0 Å². The SMILES string of the molecule is COc1ccc(C)cc1-c1nc(CN)c(C)[nH]1. The number of aryl methyl sites for hydroxylation is 2. The van der Waals surface area contributed by atoms with Gasteiger partial charge in [-0.25, -0.2) is 4.98 Å². The fourth-order valence-corrected chi connectivity index (χ4v) is 1.83. The highest BCUT2D eigenvalue weighted by Gasteiger charge is 2.11. The molecule has 17 heavy (non-hydrogen) atoms. The molecular formula is C13H17N3O. The van der Waals surface area contributed by atoms with Gasteiger partial charge in [0.25, 0.3) is 0 Å². The molecule has 4 nitrogen and oxygen atoms in total. The Labute approximate surface area is 101 Å². The first-order chi connectivity index (χ1) is 8.15.